The SMILES string of the molecule is CC(C)(C)OC(=O)N1Cc2ccccc2C(N(CC(=O)O)C(=O)C(C)(C)C)C1. The third-order valence-electron chi connectivity index (χ3n) is 4.40. The lowest BCUT2D eigenvalue weighted by Crippen LogP contribution is -2.51. The Morgan fingerprint density at radius 2 is 1.75 bits per heavy atom. The minimum atomic E-state index is -1.09. The van der Waals surface area contributed by atoms with Crippen molar-refractivity contribution < 1.29 is 24.2 Å². The number of rotatable bonds is 3. The topological polar surface area (TPSA) is 87.2 Å². The molecule has 1 atom stereocenters. The third kappa shape index (κ3) is 5.24. The summed E-state index contributed by atoms with van der Waals surface area (Å²) in [5, 5.41) is 9.41. The molecule has 1 heterocycles. The van der Waals surface area contributed by atoms with Gasteiger partial charge < -0.3 is 19.6 Å². The van der Waals surface area contributed by atoms with Gasteiger partial charge in [-0.1, -0.05) is 45.0 Å². The van der Waals surface area contributed by atoms with Crippen molar-refractivity contribution >= 4 is 18.0 Å². The summed E-state index contributed by atoms with van der Waals surface area (Å²) in [6.45, 7) is 10.7. The van der Waals surface area contributed by atoms with E-state index in [0.717, 1.165) is 11.1 Å². The van der Waals surface area contributed by atoms with Gasteiger partial charge in [-0.25, -0.2) is 4.79 Å². The number of carboxylic acid groups (broad SMARTS) is 1. The number of carbonyl (C=O) groups is 3. The predicted molar refractivity (Wildman–Crippen MR) is 105 cm³/mol. The van der Waals surface area contributed by atoms with Crippen LogP contribution in [-0.2, 0) is 20.9 Å². The van der Waals surface area contributed by atoms with Crippen molar-refractivity contribution in [1.29, 1.82) is 0 Å². The zero-order valence-electron chi connectivity index (χ0n) is 17.5. The monoisotopic (exact) mass is 390 g/mol. The highest BCUT2D eigenvalue weighted by Crippen LogP contribution is 2.34. The fraction of sp³-hybridized carbons (Fsp3) is 0.571. The molecule has 28 heavy (non-hydrogen) atoms. The second kappa shape index (κ2) is 7.81. The molecule has 1 aliphatic heterocycles. The Labute approximate surface area is 166 Å². The van der Waals surface area contributed by atoms with Crippen LogP contribution in [0.25, 0.3) is 0 Å². The minimum absolute atomic E-state index is 0.182. The predicted octanol–water partition coefficient (Wildman–Crippen LogP) is 3.44. The summed E-state index contributed by atoms with van der Waals surface area (Å²) in [5.74, 6) is -1.37. The average Bonchev–Trinajstić information content (AvgIpc) is 2.55. The highest BCUT2D eigenvalue weighted by atomic mass is 16.6. The first-order valence-electron chi connectivity index (χ1n) is 9.38. The Morgan fingerprint density at radius 1 is 1.14 bits per heavy atom. The number of benzene rings is 1. The molecule has 1 unspecified atom stereocenters. The molecule has 0 bridgehead atoms. The molecule has 0 aliphatic carbocycles. The van der Waals surface area contributed by atoms with Gasteiger partial charge in [-0.15, -0.1) is 0 Å². The normalized spacial score (nSPS) is 16.9. The molecule has 154 valence electrons. The Hall–Kier alpha value is -2.57. The summed E-state index contributed by atoms with van der Waals surface area (Å²) in [5.41, 5.74) is 0.340. The van der Waals surface area contributed by atoms with Gasteiger partial charge in [0, 0.05) is 18.5 Å². The summed E-state index contributed by atoms with van der Waals surface area (Å²) in [7, 11) is 0. The first kappa shape index (κ1) is 21.7. The molecule has 2 amide bonds. The van der Waals surface area contributed by atoms with E-state index in [1.807, 2.05) is 24.3 Å². The zero-order chi connectivity index (χ0) is 21.3. The van der Waals surface area contributed by atoms with Crippen molar-refractivity contribution in [3.63, 3.8) is 0 Å². The Morgan fingerprint density at radius 3 is 2.29 bits per heavy atom. The summed E-state index contributed by atoms with van der Waals surface area (Å²) >= 11 is 0. The second-order valence-corrected chi connectivity index (χ2v) is 9.15. The number of ether oxygens (including phenoxy) is 1. The number of hydrogen-bond acceptors (Lipinski definition) is 4. The summed E-state index contributed by atoms with van der Waals surface area (Å²) in [6.07, 6.45) is -0.481. The quantitative estimate of drug-likeness (QED) is 0.854. The highest BCUT2D eigenvalue weighted by molar-refractivity contribution is 5.85. The van der Waals surface area contributed by atoms with E-state index >= 15 is 0 Å². The molecule has 7 nitrogen and oxygen atoms in total. The van der Waals surface area contributed by atoms with Gasteiger partial charge >= 0.3 is 12.1 Å². The van der Waals surface area contributed by atoms with E-state index in [4.69, 9.17) is 4.74 Å². The molecule has 0 radical (unpaired) electrons. The van der Waals surface area contributed by atoms with Gasteiger partial charge in [0.25, 0.3) is 0 Å². The van der Waals surface area contributed by atoms with E-state index < -0.39 is 35.7 Å². The highest BCUT2D eigenvalue weighted by Gasteiger charge is 2.39. The van der Waals surface area contributed by atoms with Crippen molar-refractivity contribution in [1.82, 2.24) is 9.80 Å². The maximum atomic E-state index is 13.0. The number of hydrogen-bond donors (Lipinski definition) is 1. The van der Waals surface area contributed by atoms with Gasteiger partial charge in [-0.2, -0.15) is 0 Å². The van der Waals surface area contributed by atoms with Crippen molar-refractivity contribution in [2.45, 2.75) is 59.7 Å². The number of aliphatic carboxylic acids is 1. The van der Waals surface area contributed by atoms with Crippen molar-refractivity contribution in [3.05, 3.63) is 35.4 Å². The van der Waals surface area contributed by atoms with Crippen LogP contribution in [0, 0.1) is 5.41 Å². The van der Waals surface area contributed by atoms with Crippen LogP contribution in [0.1, 0.15) is 58.7 Å². The second-order valence-electron chi connectivity index (χ2n) is 9.15. The fourth-order valence-electron chi connectivity index (χ4n) is 3.21. The van der Waals surface area contributed by atoms with Crippen LogP contribution in [0.3, 0.4) is 0 Å². The smallest absolute Gasteiger partial charge is 0.410 e. The lowest BCUT2D eigenvalue weighted by atomic mass is 9.90. The molecule has 0 saturated heterocycles. The van der Waals surface area contributed by atoms with Gasteiger partial charge in [0.2, 0.25) is 5.91 Å². The summed E-state index contributed by atoms with van der Waals surface area (Å²) < 4.78 is 5.50. The molecule has 0 aromatic heterocycles. The first-order valence-corrected chi connectivity index (χ1v) is 9.38. The van der Waals surface area contributed by atoms with Crippen LogP contribution in [0.4, 0.5) is 4.79 Å². The van der Waals surface area contributed by atoms with Crippen LogP contribution >= 0.6 is 0 Å². The number of carbonyl (C=O) groups excluding carboxylic acids is 2. The zero-order valence-corrected chi connectivity index (χ0v) is 17.5. The third-order valence-corrected chi connectivity index (χ3v) is 4.40. The molecule has 1 aliphatic rings. The maximum absolute atomic E-state index is 13.0. The van der Waals surface area contributed by atoms with Gasteiger partial charge in [0.05, 0.1) is 6.04 Å². The number of amides is 2. The van der Waals surface area contributed by atoms with Gasteiger partial charge in [-0.05, 0) is 31.9 Å². The fourth-order valence-corrected chi connectivity index (χ4v) is 3.21. The van der Waals surface area contributed by atoms with E-state index in [1.54, 1.807) is 41.5 Å². The molecule has 1 N–H and O–H groups in total. The Bertz CT molecular complexity index is 761. The average molecular weight is 390 g/mol. The Balaban J connectivity index is 2.45. The summed E-state index contributed by atoms with van der Waals surface area (Å²) in [4.78, 5) is 40.1. The standard InChI is InChI=1S/C21H30N2O5/c1-20(2,3)18(26)23(13-17(24)25)16-12-22(19(27)28-21(4,5)6)11-14-9-7-8-10-15(14)16/h7-10,16H,11-13H2,1-6H3,(H,24,25). The minimum Gasteiger partial charge on any atom is -0.480 e. The van der Waals surface area contributed by atoms with Gasteiger partial charge in [0.1, 0.15) is 12.1 Å². The molecule has 2 rings (SSSR count). The van der Waals surface area contributed by atoms with E-state index in [1.165, 1.54) is 9.80 Å². The number of nitrogens with zero attached hydrogens (tertiary/aromatic N) is 2. The van der Waals surface area contributed by atoms with Crippen LogP contribution < -0.4 is 0 Å². The lowest BCUT2D eigenvalue weighted by molar-refractivity contribution is -0.151. The van der Waals surface area contributed by atoms with Crippen molar-refractivity contribution in [2.75, 3.05) is 13.1 Å². The van der Waals surface area contributed by atoms with Crippen LogP contribution in [0.15, 0.2) is 24.3 Å². The number of carboxylic acids is 1. The van der Waals surface area contributed by atoms with E-state index in [-0.39, 0.29) is 12.5 Å². The molecular formula is C21H30N2O5. The van der Waals surface area contributed by atoms with E-state index in [9.17, 15) is 19.5 Å². The summed E-state index contributed by atoms with van der Waals surface area (Å²) in [6, 6.07) is 6.94. The van der Waals surface area contributed by atoms with Crippen LogP contribution in [-0.4, -0.2) is 51.6 Å². The van der Waals surface area contributed by atoms with Crippen LogP contribution in [0.2, 0.25) is 0 Å². The van der Waals surface area contributed by atoms with Crippen LogP contribution in [0.5, 0.6) is 0 Å². The van der Waals surface area contributed by atoms with Crippen molar-refractivity contribution in [2.24, 2.45) is 5.41 Å². The van der Waals surface area contributed by atoms with E-state index in [0.29, 0.717) is 6.54 Å². The number of fused-ring (bicyclic) bond motifs is 1. The van der Waals surface area contributed by atoms with Gasteiger partial charge in [-0.3, -0.25) is 9.59 Å². The molecule has 1 aromatic rings. The molecular weight excluding hydrogens is 360 g/mol. The maximum Gasteiger partial charge on any atom is 0.410 e. The Kier molecular flexibility index (Phi) is 6.06. The van der Waals surface area contributed by atoms with E-state index in [2.05, 4.69) is 0 Å². The van der Waals surface area contributed by atoms with Gasteiger partial charge in [0.15, 0.2) is 0 Å². The molecule has 0 fully saturated rings. The van der Waals surface area contributed by atoms with Crippen molar-refractivity contribution in [3.8, 4) is 0 Å². The largest absolute Gasteiger partial charge is 0.480 e. The lowest BCUT2D eigenvalue weighted by Gasteiger charge is -2.42. The molecule has 0 spiro atoms. The molecule has 1 aromatic carbocycles. The first-order chi connectivity index (χ1) is 12.8. The molecule has 0 saturated carbocycles. The molecule has 7 heteroatoms.